The van der Waals surface area contributed by atoms with Gasteiger partial charge in [0.25, 0.3) is 0 Å². The molecule has 0 saturated heterocycles. The smallest absolute Gasteiger partial charge is 0.242 e. The molecule has 0 heterocycles. The van der Waals surface area contributed by atoms with Crippen molar-refractivity contribution in [2.45, 2.75) is 30.2 Å². The molecular formula is C12H18N2O3S. The van der Waals surface area contributed by atoms with Gasteiger partial charge in [0, 0.05) is 12.6 Å². The van der Waals surface area contributed by atoms with Crippen LogP contribution in [0.15, 0.2) is 29.2 Å². The first-order valence-electron chi connectivity index (χ1n) is 6.02. The van der Waals surface area contributed by atoms with Gasteiger partial charge >= 0.3 is 0 Å². The second-order valence-corrected chi connectivity index (χ2v) is 6.32. The Morgan fingerprint density at radius 3 is 2.72 bits per heavy atom. The molecule has 1 fully saturated rings. The van der Waals surface area contributed by atoms with E-state index in [9.17, 15) is 13.5 Å². The van der Waals surface area contributed by atoms with E-state index < -0.39 is 10.0 Å². The quantitative estimate of drug-likeness (QED) is 0.702. The lowest BCUT2D eigenvalue weighted by Gasteiger charge is -2.19. The minimum atomic E-state index is -3.60. The molecule has 18 heavy (non-hydrogen) atoms. The van der Waals surface area contributed by atoms with E-state index in [2.05, 4.69) is 4.72 Å². The Hall–Kier alpha value is -1.11. The number of sulfonamides is 1. The average molecular weight is 270 g/mol. The summed E-state index contributed by atoms with van der Waals surface area (Å²) in [6, 6.07) is 6.19. The standard InChI is InChI=1S/C12H18N2O3S/c13-10-5-1-2-7-12(10)18(16,17)14-11-6-3-4-9(11)8-15/h1-2,5,7,9,11,14-15H,3-4,6,8,13H2. The number of aliphatic hydroxyl groups is 1. The first-order valence-corrected chi connectivity index (χ1v) is 7.50. The van der Waals surface area contributed by atoms with Crippen LogP contribution in [0.2, 0.25) is 0 Å². The second kappa shape index (κ2) is 5.26. The van der Waals surface area contributed by atoms with Gasteiger partial charge in [-0.25, -0.2) is 13.1 Å². The molecule has 2 rings (SSSR count). The molecule has 6 heteroatoms. The zero-order valence-corrected chi connectivity index (χ0v) is 10.9. The normalized spacial score (nSPS) is 24.3. The van der Waals surface area contributed by atoms with E-state index in [0.29, 0.717) is 0 Å². The zero-order valence-electron chi connectivity index (χ0n) is 10.0. The molecule has 0 amide bonds. The highest BCUT2D eigenvalue weighted by atomic mass is 32.2. The maximum Gasteiger partial charge on any atom is 0.242 e. The van der Waals surface area contributed by atoms with Crippen LogP contribution in [0.5, 0.6) is 0 Å². The van der Waals surface area contributed by atoms with E-state index in [0.717, 1.165) is 19.3 Å². The molecule has 100 valence electrons. The fraction of sp³-hybridized carbons (Fsp3) is 0.500. The third kappa shape index (κ3) is 2.66. The molecule has 2 unspecified atom stereocenters. The summed E-state index contributed by atoms with van der Waals surface area (Å²) in [5, 5.41) is 9.20. The summed E-state index contributed by atoms with van der Waals surface area (Å²) >= 11 is 0. The number of hydrogen-bond donors (Lipinski definition) is 3. The van der Waals surface area contributed by atoms with Crippen LogP contribution < -0.4 is 10.5 Å². The Morgan fingerprint density at radius 2 is 2.06 bits per heavy atom. The van der Waals surface area contributed by atoms with Crippen molar-refractivity contribution < 1.29 is 13.5 Å². The minimum Gasteiger partial charge on any atom is -0.398 e. The first kappa shape index (κ1) is 13.3. The number of nitrogens with two attached hydrogens (primary N) is 1. The number of nitrogen functional groups attached to an aromatic ring is 1. The molecule has 5 nitrogen and oxygen atoms in total. The molecule has 0 spiro atoms. The van der Waals surface area contributed by atoms with Crippen molar-refractivity contribution in [2.75, 3.05) is 12.3 Å². The number of benzene rings is 1. The zero-order chi connectivity index (χ0) is 13.2. The molecular weight excluding hydrogens is 252 g/mol. The van der Waals surface area contributed by atoms with Gasteiger partial charge in [-0.2, -0.15) is 0 Å². The highest BCUT2D eigenvalue weighted by Gasteiger charge is 2.31. The Kier molecular flexibility index (Phi) is 3.89. The van der Waals surface area contributed by atoms with Gasteiger partial charge in [0.15, 0.2) is 0 Å². The average Bonchev–Trinajstić information content (AvgIpc) is 2.76. The Labute approximate surface area is 107 Å². The van der Waals surface area contributed by atoms with Crippen molar-refractivity contribution in [3.8, 4) is 0 Å². The lowest BCUT2D eigenvalue weighted by atomic mass is 10.1. The molecule has 1 aliphatic rings. The number of para-hydroxylation sites is 1. The van der Waals surface area contributed by atoms with Gasteiger partial charge in [0.2, 0.25) is 10.0 Å². The maximum absolute atomic E-state index is 12.2. The van der Waals surface area contributed by atoms with Crippen molar-refractivity contribution in [2.24, 2.45) is 5.92 Å². The molecule has 1 aromatic carbocycles. The third-order valence-corrected chi connectivity index (χ3v) is 4.97. The predicted octanol–water partition coefficient (Wildman–Crippen LogP) is 0.708. The summed E-state index contributed by atoms with van der Waals surface area (Å²) in [6.07, 6.45) is 2.55. The van der Waals surface area contributed by atoms with E-state index in [-0.39, 0.29) is 29.1 Å². The Morgan fingerprint density at radius 1 is 1.33 bits per heavy atom. The van der Waals surface area contributed by atoms with Crippen LogP contribution >= 0.6 is 0 Å². The topological polar surface area (TPSA) is 92.4 Å². The van der Waals surface area contributed by atoms with Gasteiger partial charge in [-0.3, -0.25) is 0 Å². The van der Waals surface area contributed by atoms with E-state index >= 15 is 0 Å². The van der Waals surface area contributed by atoms with Crippen LogP contribution in [-0.2, 0) is 10.0 Å². The number of rotatable bonds is 4. The number of anilines is 1. The van der Waals surface area contributed by atoms with E-state index in [1.807, 2.05) is 0 Å². The number of nitrogens with one attached hydrogen (secondary N) is 1. The van der Waals surface area contributed by atoms with Gasteiger partial charge < -0.3 is 10.8 Å². The second-order valence-electron chi connectivity index (χ2n) is 4.64. The van der Waals surface area contributed by atoms with Crippen LogP contribution in [0.25, 0.3) is 0 Å². The van der Waals surface area contributed by atoms with Crippen LogP contribution in [-0.4, -0.2) is 26.2 Å². The Bertz CT molecular complexity index is 516. The summed E-state index contributed by atoms with van der Waals surface area (Å²) in [6.45, 7) is 0.0114. The first-order chi connectivity index (χ1) is 8.54. The molecule has 1 aliphatic carbocycles. The maximum atomic E-state index is 12.2. The van der Waals surface area contributed by atoms with Crippen LogP contribution in [0.4, 0.5) is 5.69 Å². The molecule has 0 aliphatic heterocycles. The lowest BCUT2D eigenvalue weighted by molar-refractivity contribution is 0.213. The predicted molar refractivity (Wildman–Crippen MR) is 69.4 cm³/mol. The molecule has 2 atom stereocenters. The number of aliphatic hydroxyl groups excluding tert-OH is 1. The van der Waals surface area contributed by atoms with Gasteiger partial charge in [0.1, 0.15) is 4.90 Å². The highest BCUT2D eigenvalue weighted by molar-refractivity contribution is 7.89. The SMILES string of the molecule is Nc1ccccc1S(=O)(=O)NC1CCCC1CO. The molecule has 1 aromatic rings. The molecule has 0 bridgehead atoms. The summed E-state index contributed by atoms with van der Waals surface area (Å²) < 4.78 is 27.0. The van der Waals surface area contributed by atoms with Crippen molar-refractivity contribution in [3.05, 3.63) is 24.3 Å². The van der Waals surface area contributed by atoms with Gasteiger partial charge in [0.05, 0.1) is 5.69 Å². The van der Waals surface area contributed by atoms with Crippen LogP contribution in [0, 0.1) is 5.92 Å². The molecule has 0 radical (unpaired) electrons. The van der Waals surface area contributed by atoms with Crippen molar-refractivity contribution in [3.63, 3.8) is 0 Å². The van der Waals surface area contributed by atoms with Crippen molar-refractivity contribution in [1.29, 1.82) is 0 Å². The molecule has 0 aromatic heterocycles. The lowest BCUT2D eigenvalue weighted by Crippen LogP contribution is -2.38. The van der Waals surface area contributed by atoms with Gasteiger partial charge in [-0.1, -0.05) is 18.6 Å². The van der Waals surface area contributed by atoms with E-state index in [1.54, 1.807) is 18.2 Å². The monoisotopic (exact) mass is 270 g/mol. The van der Waals surface area contributed by atoms with E-state index in [1.165, 1.54) is 6.07 Å². The summed E-state index contributed by atoms with van der Waals surface area (Å²) in [5.41, 5.74) is 5.92. The third-order valence-electron chi connectivity index (χ3n) is 3.41. The summed E-state index contributed by atoms with van der Waals surface area (Å²) in [4.78, 5) is 0.105. The molecule has 4 N–H and O–H groups in total. The van der Waals surface area contributed by atoms with Crippen LogP contribution in [0.3, 0.4) is 0 Å². The fourth-order valence-corrected chi connectivity index (χ4v) is 3.87. The Balaban J connectivity index is 2.20. The minimum absolute atomic E-state index is 0.00436. The fourth-order valence-electron chi connectivity index (χ4n) is 2.40. The van der Waals surface area contributed by atoms with Crippen molar-refractivity contribution in [1.82, 2.24) is 4.72 Å². The van der Waals surface area contributed by atoms with Gasteiger partial charge in [-0.05, 0) is 30.9 Å². The van der Waals surface area contributed by atoms with Gasteiger partial charge in [-0.15, -0.1) is 0 Å². The summed E-state index contributed by atoms with van der Waals surface area (Å²) in [5.74, 6) is 0.00436. The van der Waals surface area contributed by atoms with Crippen LogP contribution in [0.1, 0.15) is 19.3 Å². The molecule has 1 saturated carbocycles. The summed E-state index contributed by atoms with van der Waals surface area (Å²) in [7, 11) is -3.60. The highest BCUT2D eigenvalue weighted by Crippen LogP contribution is 2.27. The number of hydrogen-bond acceptors (Lipinski definition) is 4. The van der Waals surface area contributed by atoms with Crippen molar-refractivity contribution >= 4 is 15.7 Å². The largest absolute Gasteiger partial charge is 0.398 e. The van der Waals surface area contributed by atoms with E-state index in [4.69, 9.17) is 5.73 Å².